The maximum atomic E-state index is 5.99. The summed E-state index contributed by atoms with van der Waals surface area (Å²) in [5.41, 5.74) is 4.96. The zero-order valence-electron chi connectivity index (χ0n) is 14.7. The number of fused-ring (bicyclic) bond motifs is 2. The number of nitrogens with zero attached hydrogens (tertiary/aromatic N) is 2. The number of aryl methyl sites for hydroxylation is 1. The first kappa shape index (κ1) is 16.1. The van der Waals surface area contributed by atoms with E-state index in [2.05, 4.69) is 66.4 Å². The van der Waals surface area contributed by atoms with Gasteiger partial charge in [-0.15, -0.1) is 0 Å². The van der Waals surface area contributed by atoms with Gasteiger partial charge in [-0.2, -0.15) is 0 Å². The van der Waals surface area contributed by atoms with E-state index in [0.29, 0.717) is 6.61 Å². The van der Waals surface area contributed by atoms with E-state index in [1.807, 2.05) is 0 Å². The number of hydrogen-bond donors (Lipinski definition) is 0. The quantitative estimate of drug-likeness (QED) is 0.715. The van der Waals surface area contributed by atoms with Gasteiger partial charge in [0.15, 0.2) is 0 Å². The molecule has 2 heterocycles. The zero-order chi connectivity index (χ0) is 17.1. The molecule has 1 aliphatic rings. The molecule has 0 amide bonds. The maximum absolute atomic E-state index is 5.99. The number of para-hydroxylation sites is 1. The van der Waals surface area contributed by atoms with Crippen LogP contribution in [0.1, 0.15) is 23.6 Å². The minimum Gasteiger partial charge on any atom is -0.476 e. The Kier molecular flexibility index (Phi) is 4.66. The molecule has 4 rings (SSSR count). The van der Waals surface area contributed by atoms with Crippen LogP contribution in [0.2, 0.25) is 0 Å². The molecule has 3 heteroatoms. The van der Waals surface area contributed by atoms with Gasteiger partial charge in [-0.05, 0) is 30.0 Å². The second-order valence-electron chi connectivity index (χ2n) is 6.66. The minimum atomic E-state index is 0.703. The van der Waals surface area contributed by atoms with Crippen LogP contribution in [0.3, 0.4) is 0 Å². The van der Waals surface area contributed by atoms with Gasteiger partial charge in [0.2, 0.25) is 5.88 Å². The average Bonchev–Trinajstić information content (AvgIpc) is 2.86. The summed E-state index contributed by atoms with van der Waals surface area (Å²) in [7, 11) is 0. The summed E-state index contributed by atoms with van der Waals surface area (Å²) in [6, 6.07) is 19.4. The van der Waals surface area contributed by atoms with E-state index < -0.39 is 0 Å². The molecule has 0 fully saturated rings. The first-order valence-electron chi connectivity index (χ1n) is 9.14. The van der Waals surface area contributed by atoms with E-state index in [-0.39, 0.29) is 0 Å². The lowest BCUT2D eigenvalue weighted by Crippen LogP contribution is -2.27. The van der Waals surface area contributed by atoms with Gasteiger partial charge in [0.25, 0.3) is 0 Å². The molecule has 0 aliphatic carbocycles. The van der Waals surface area contributed by atoms with Crippen molar-refractivity contribution in [1.82, 2.24) is 9.88 Å². The molecule has 25 heavy (non-hydrogen) atoms. The summed E-state index contributed by atoms with van der Waals surface area (Å²) in [6.07, 6.45) is 2.06. The van der Waals surface area contributed by atoms with Crippen LogP contribution < -0.4 is 4.74 Å². The fourth-order valence-electron chi connectivity index (χ4n) is 3.52. The van der Waals surface area contributed by atoms with Crippen LogP contribution in [0.5, 0.6) is 5.88 Å². The molecule has 0 N–H and O–H groups in total. The van der Waals surface area contributed by atoms with Crippen molar-refractivity contribution in [2.45, 2.75) is 26.3 Å². The van der Waals surface area contributed by atoms with Gasteiger partial charge in [-0.1, -0.05) is 55.5 Å². The van der Waals surface area contributed by atoms with E-state index in [1.165, 1.54) is 22.1 Å². The van der Waals surface area contributed by atoms with Crippen molar-refractivity contribution in [2.75, 3.05) is 19.7 Å². The second kappa shape index (κ2) is 7.24. The van der Waals surface area contributed by atoms with Crippen LogP contribution in [0, 0.1) is 0 Å². The summed E-state index contributed by atoms with van der Waals surface area (Å²) in [5.74, 6) is 0.815. The van der Waals surface area contributed by atoms with Gasteiger partial charge >= 0.3 is 0 Å². The summed E-state index contributed by atoms with van der Waals surface area (Å²) in [4.78, 5) is 7.32. The van der Waals surface area contributed by atoms with Gasteiger partial charge in [0.05, 0.1) is 5.52 Å². The smallest absolute Gasteiger partial charge is 0.218 e. The number of ether oxygens (including phenoxy) is 1. The van der Waals surface area contributed by atoms with Crippen molar-refractivity contribution in [1.29, 1.82) is 0 Å². The lowest BCUT2D eigenvalue weighted by molar-refractivity contribution is 0.225. The monoisotopic (exact) mass is 332 g/mol. The highest BCUT2D eigenvalue weighted by Gasteiger charge is 2.18. The van der Waals surface area contributed by atoms with E-state index in [4.69, 9.17) is 9.72 Å². The summed E-state index contributed by atoms with van der Waals surface area (Å²) >= 11 is 0. The van der Waals surface area contributed by atoms with Gasteiger partial charge in [0, 0.05) is 30.6 Å². The summed E-state index contributed by atoms with van der Waals surface area (Å²) in [6.45, 7) is 5.77. The highest BCUT2D eigenvalue weighted by atomic mass is 16.5. The molecule has 2 aromatic carbocycles. The largest absolute Gasteiger partial charge is 0.476 e. The van der Waals surface area contributed by atoms with Crippen molar-refractivity contribution in [3.63, 3.8) is 0 Å². The molecule has 0 spiro atoms. The van der Waals surface area contributed by atoms with Crippen LogP contribution in [0.25, 0.3) is 10.9 Å². The molecular weight excluding hydrogens is 308 g/mol. The number of aromatic nitrogens is 1. The second-order valence-corrected chi connectivity index (χ2v) is 6.66. The summed E-state index contributed by atoms with van der Waals surface area (Å²) < 4.78 is 5.99. The molecular formula is C22H24N2O. The molecule has 3 aromatic rings. The molecule has 0 bridgehead atoms. The first-order valence-corrected chi connectivity index (χ1v) is 9.14. The molecule has 0 radical (unpaired) electrons. The lowest BCUT2D eigenvalue weighted by atomic mass is 10.1. The van der Waals surface area contributed by atoms with Crippen molar-refractivity contribution in [2.24, 2.45) is 0 Å². The molecule has 1 aliphatic heterocycles. The third-order valence-corrected chi connectivity index (χ3v) is 4.95. The van der Waals surface area contributed by atoms with Gasteiger partial charge in [0.1, 0.15) is 6.61 Å². The van der Waals surface area contributed by atoms with E-state index in [0.717, 1.165) is 43.9 Å². The number of pyridine rings is 1. The zero-order valence-corrected chi connectivity index (χ0v) is 14.7. The van der Waals surface area contributed by atoms with Gasteiger partial charge < -0.3 is 4.74 Å². The van der Waals surface area contributed by atoms with Crippen LogP contribution in [0.15, 0.2) is 54.6 Å². The Labute approximate surface area is 149 Å². The van der Waals surface area contributed by atoms with Crippen LogP contribution >= 0.6 is 0 Å². The van der Waals surface area contributed by atoms with Crippen LogP contribution in [0.4, 0.5) is 0 Å². The van der Waals surface area contributed by atoms with E-state index in [9.17, 15) is 0 Å². The molecule has 0 saturated heterocycles. The fraction of sp³-hybridized carbons (Fsp3) is 0.318. The van der Waals surface area contributed by atoms with Crippen molar-refractivity contribution in [3.8, 4) is 5.88 Å². The molecule has 0 saturated carbocycles. The molecule has 0 unspecified atom stereocenters. The Morgan fingerprint density at radius 1 is 1.08 bits per heavy atom. The number of rotatable bonds is 4. The highest BCUT2D eigenvalue weighted by Crippen LogP contribution is 2.27. The normalized spacial score (nSPS) is 14.8. The molecule has 0 atom stereocenters. The molecule has 128 valence electrons. The Morgan fingerprint density at radius 2 is 1.96 bits per heavy atom. The number of hydrogen-bond acceptors (Lipinski definition) is 3. The van der Waals surface area contributed by atoms with Crippen LogP contribution in [-0.4, -0.2) is 29.6 Å². The standard InChI is InChI=1S/C22H24N2O/c1-2-18-9-6-10-19-15-20-16-24(12-11-17-7-4-3-5-8-17)13-14-25-22(20)23-21(18)19/h3-10,15H,2,11-14,16H2,1H3. The Bertz CT molecular complexity index is 861. The SMILES string of the molecule is CCc1cccc2cc3c(nc12)OCCN(CCc1ccccc1)C3. The Hall–Kier alpha value is -2.39. The van der Waals surface area contributed by atoms with Crippen molar-refractivity contribution in [3.05, 3.63) is 71.3 Å². The van der Waals surface area contributed by atoms with E-state index in [1.54, 1.807) is 0 Å². The maximum Gasteiger partial charge on any atom is 0.218 e. The van der Waals surface area contributed by atoms with Crippen LogP contribution in [-0.2, 0) is 19.4 Å². The van der Waals surface area contributed by atoms with E-state index >= 15 is 0 Å². The third-order valence-electron chi connectivity index (χ3n) is 4.95. The topological polar surface area (TPSA) is 25.4 Å². The minimum absolute atomic E-state index is 0.703. The Balaban J connectivity index is 1.56. The Morgan fingerprint density at radius 3 is 2.80 bits per heavy atom. The summed E-state index contributed by atoms with van der Waals surface area (Å²) in [5, 5.41) is 1.21. The highest BCUT2D eigenvalue weighted by molar-refractivity contribution is 5.83. The third kappa shape index (κ3) is 3.52. The lowest BCUT2D eigenvalue weighted by Gasteiger charge is -2.19. The molecule has 3 nitrogen and oxygen atoms in total. The van der Waals surface area contributed by atoms with Gasteiger partial charge in [-0.3, -0.25) is 4.90 Å². The van der Waals surface area contributed by atoms with Crippen molar-refractivity contribution < 1.29 is 4.74 Å². The predicted molar refractivity (Wildman–Crippen MR) is 102 cm³/mol. The fourth-order valence-corrected chi connectivity index (χ4v) is 3.52. The number of benzene rings is 2. The van der Waals surface area contributed by atoms with Gasteiger partial charge in [-0.25, -0.2) is 4.98 Å². The van der Waals surface area contributed by atoms with Crippen molar-refractivity contribution >= 4 is 10.9 Å². The first-order chi connectivity index (χ1) is 12.3. The predicted octanol–water partition coefficient (Wildman–Crippen LogP) is 4.23. The average molecular weight is 332 g/mol. The molecule has 1 aromatic heterocycles.